The van der Waals surface area contributed by atoms with Crippen LogP contribution in [0, 0.1) is 0 Å². The summed E-state index contributed by atoms with van der Waals surface area (Å²) in [6.45, 7) is 2.78. The minimum Gasteiger partial charge on any atom is -0.378 e. The molecule has 0 radical (unpaired) electrons. The van der Waals surface area contributed by atoms with Crippen molar-refractivity contribution < 1.29 is 13.2 Å². The van der Waals surface area contributed by atoms with Crippen molar-refractivity contribution in [2.24, 2.45) is 0 Å². The van der Waals surface area contributed by atoms with Crippen molar-refractivity contribution in [2.75, 3.05) is 12.9 Å². The molecule has 0 amide bonds. The number of benzene rings is 1. The Morgan fingerprint density at radius 3 is 2.84 bits per heavy atom. The zero-order chi connectivity index (χ0) is 13.6. The zero-order valence-electron chi connectivity index (χ0n) is 10.9. The van der Waals surface area contributed by atoms with Crippen LogP contribution in [0.15, 0.2) is 23.1 Å². The fourth-order valence-electron chi connectivity index (χ4n) is 2.51. The first kappa shape index (κ1) is 12.6. The molecule has 1 saturated heterocycles. The van der Waals surface area contributed by atoms with Gasteiger partial charge in [0.1, 0.15) is 5.82 Å². The standard InChI is InChI=1S/C13H16N2O3S/c1-8-10(5-6-18-8)13-14-11-4-3-9(19(2,16)17)7-12(11)15-13/h3-4,7-8,10H,5-6H2,1-2H3,(H,14,15). The normalized spacial score (nSPS) is 24.1. The Hall–Kier alpha value is -1.40. The number of imidazole rings is 1. The summed E-state index contributed by atoms with van der Waals surface area (Å²) in [5, 5.41) is 0. The second-order valence-corrected chi connectivity index (χ2v) is 7.06. The third-order valence-corrected chi connectivity index (χ3v) is 4.74. The summed E-state index contributed by atoms with van der Waals surface area (Å²) < 4.78 is 28.6. The van der Waals surface area contributed by atoms with Gasteiger partial charge in [0.05, 0.1) is 22.0 Å². The molecule has 2 aromatic rings. The maximum atomic E-state index is 11.5. The highest BCUT2D eigenvalue weighted by molar-refractivity contribution is 7.90. The van der Waals surface area contributed by atoms with E-state index in [1.54, 1.807) is 18.2 Å². The number of fused-ring (bicyclic) bond motifs is 1. The van der Waals surface area contributed by atoms with Gasteiger partial charge in [-0.25, -0.2) is 13.4 Å². The van der Waals surface area contributed by atoms with Gasteiger partial charge < -0.3 is 9.72 Å². The number of H-pyrrole nitrogens is 1. The van der Waals surface area contributed by atoms with E-state index in [1.807, 2.05) is 6.92 Å². The number of aromatic nitrogens is 2. The van der Waals surface area contributed by atoms with E-state index < -0.39 is 9.84 Å². The van der Waals surface area contributed by atoms with E-state index in [-0.39, 0.29) is 12.0 Å². The Bertz CT molecular complexity index is 721. The van der Waals surface area contributed by atoms with E-state index in [2.05, 4.69) is 9.97 Å². The average molecular weight is 280 g/mol. The second-order valence-electron chi connectivity index (χ2n) is 5.04. The van der Waals surface area contributed by atoms with Gasteiger partial charge in [-0.3, -0.25) is 0 Å². The average Bonchev–Trinajstić information content (AvgIpc) is 2.91. The first-order valence-electron chi connectivity index (χ1n) is 6.26. The van der Waals surface area contributed by atoms with Crippen LogP contribution in [-0.4, -0.2) is 37.4 Å². The molecule has 1 aromatic heterocycles. The molecule has 1 fully saturated rings. The van der Waals surface area contributed by atoms with E-state index in [1.165, 1.54) is 6.26 Å². The maximum absolute atomic E-state index is 11.5. The quantitative estimate of drug-likeness (QED) is 0.911. The first-order chi connectivity index (χ1) is 8.95. The molecule has 1 N–H and O–H groups in total. The van der Waals surface area contributed by atoms with Crippen molar-refractivity contribution in [3.8, 4) is 0 Å². The summed E-state index contributed by atoms with van der Waals surface area (Å²) in [5.41, 5.74) is 1.55. The van der Waals surface area contributed by atoms with Crippen molar-refractivity contribution in [1.82, 2.24) is 9.97 Å². The topological polar surface area (TPSA) is 72.0 Å². The van der Waals surface area contributed by atoms with Gasteiger partial charge in [0.2, 0.25) is 0 Å². The summed E-state index contributed by atoms with van der Waals surface area (Å²) in [6.07, 6.45) is 2.30. The molecule has 2 heterocycles. The predicted octanol–water partition coefficient (Wildman–Crippen LogP) is 1.86. The summed E-state index contributed by atoms with van der Waals surface area (Å²) in [6, 6.07) is 4.98. The van der Waals surface area contributed by atoms with Crippen LogP contribution < -0.4 is 0 Å². The van der Waals surface area contributed by atoms with Crippen molar-refractivity contribution in [1.29, 1.82) is 0 Å². The largest absolute Gasteiger partial charge is 0.378 e. The van der Waals surface area contributed by atoms with Gasteiger partial charge in [0, 0.05) is 18.8 Å². The van der Waals surface area contributed by atoms with Gasteiger partial charge in [-0.15, -0.1) is 0 Å². The van der Waals surface area contributed by atoms with Gasteiger partial charge in [-0.05, 0) is 31.5 Å². The number of nitrogens with one attached hydrogen (secondary N) is 1. The van der Waals surface area contributed by atoms with E-state index in [9.17, 15) is 8.42 Å². The van der Waals surface area contributed by atoms with Crippen LogP contribution in [0.5, 0.6) is 0 Å². The molecule has 1 aromatic carbocycles. The number of nitrogens with zero attached hydrogens (tertiary/aromatic N) is 1. The SMILES string of the molecule is CC1OCCC1c1nc2ccc(S(C)(=O)=O)cc2[nH]1. The Morgan fingerprint density at radius 1 is 1.42 bits per heavy atom. The lowest BCUT2D eigenvalue weighted by Crippen LogP contribution is -2.10. The Morgan fingerprint density at radius 2 is 2.21 bits per heavy atom. The highest BCUT2D eigenvalue weighted by Crippen LogP contribution is 2.30. The number of hydrogen-bond acceptors (Lipinski definition) is 4. The lowest BCUT2D eigenvalue weighted by atomic mass is 10.0. The summed E-state index contributed by atoms with van der Waals surface area (Å²) >= 11 is 0. The Kier molecular flexibility index (Phi) is 2.87. The highest BCUT2D eigenvalue weighted by Gasteiger charge is 2.28. The summed E-state index contributed by atoms with van der Waals surface area (Å²) in [5.74, 6) is 1.14. The lowest BCUT2D eigenvalue weighted by Gasteiger charge is -2.09. The van der Waals surface area contributed by atoms with E-state index in [0.717, 1.165) is 29.9 Å². The Labute approximate surface area is 111 Å². The van der Waals surface area contributed by atoms with Gasteiger partial charge >= 0.3 is 0 Å². The minimum absolute atomic E-state index is 0.148. The van der Waals surface area contributed by atoms with E-state index in [4.69, 9.17) is 4.74 Å². The molecule has 0 aliphatic carbocycles. The lowest BCUT2D eigenvalue weighted by molar-refractivity contribution is 0.117. The molecule has 1 aliphatic rings. The summed E-state index contributed by atoms with van der Waals surface area (Å²) in [4.78, 5) is 8.07. The predicted molar refractivity (Wildman–Crippen MR) is 72.0 cm³/mol. The molecule has 0 saturated carbocycles. The van der Waals surface area contributed by atoms with Gasteiger partial charge in [0.15, 0.2) is 9.84 Å². The van der Waals surface area contributed by atoms with Gasteiger partial charge in [-0.1, -0.05) is 0 Å². The molecule has 0 spiro atoms. The van der Waals surface area contributed by atoms with Crippen molar-refractivity contribution in [2.45, 2.75) is 30.3 Å². The van der Waals surface area contributed by atoms with Gasteiger partial charge in [-0.2, -0.15) is 0 Å². The van der Waals surface area contributed by atoms with Crippen molar-refractivity contribution >= 4 is 20.9 Å². The van der Waals surface area contributed by atoms with Crippen LogP contribution in [0.4, 0.5) is 0 Å². The fraction of sp³-hybridized carbons (Fsp3) is 0.462. The van der Waals surface area contributed by atoms with Crippen molar-refractivity contribution in [3.63, 3.8) is 0 Å². The monoisotopic (exact) mass is 280 g/mol. The summed E-state index contributed by atoms with van der Waals surface area (Å²) in [7, 11) is -3.19. The zero-order valence-corrected chi connectivity index (χ0v) is 11.7. The van der Waals surface area contributed by atoms with Crippen LogP contribution in [0.2, 0.25) is 0 Å². The van der Waals surface area contributed by atoms with Gasteiger partial charge in [0.25, 0.3) is 0 Å². The highest BCUT2D eigenvalue weighted by atomic mass is 32.2. The van der Waals surface area contributed by atoms with Crippen LogP contribution in [0.3, 0.4) is 0 Å². The number of aromatic amines is 1. The van der Waals surface area contributed by atoms with Crippen molar-refractivity contribution in [3.05, 3.63) is 24.0 Å². The molecular weight excluding hydrogens is 264 g/mol. The van der Waals surface area contributed by atoms with Crippen LogP contribution in [-0.2, 0) is 14.6 Å². The number of ether oxygens (including phenoxy) is 1. The van der Waals surface area contributed by atoms with Crippen LogP contribution in [0.1, 0.15) is 25.1 Å². The molecule has 19 heavy (non-hydrogen) atoms. The molecule has 6 heteroatoms. The van der Waals surface area contributed by atoms with Crippen LogP contribution in [0.25, 0.3) is 11.0 Å². The second kappa shape index (κ2) is 4.31. The molecular formula is C13H16N2O3S. The molecule has 0 bridgehead atoms. The molecule has 1 aliphatic heterocycles. The molecule has 3 rings (SSSR count). The number of rotatable bonds is 2. The Balaban J connectivity index is 2.06. The van der Waals surface area contributed by atoms with E-state index >= 15 is 0 Å². The minimum atomic E-state index is -3.19. The number of hydrogen-bond donors (Lipinski definition) is 1. The van der Waals surface area contributed by atoms with Crippen LogP contribution >= 0.6 is 0 Å². The third kappa shape index (κ3) is 2.26. The molecule has 102 valence electrons. The number of sulfone groups is 1. The van der Waals surface area contributed by atoms with E-state index in [0.29, 0.717) is 4.90 Å². The smallest absolute Gasteiger partial charge is 0.175 e. The molecule has 2 atom stereocenters. The maximum Gasteiger partial charge on any atom is 0.175 e. The fourth-order valence-corrected chi connectivity index (χ4v) is 3.15. The first-order valence-corrected chi connectivity index (χ1v) is 8.15. The molecule has 2 unspecified atom stereocenters. The third-order valence-electron chi connectivity index (χ3n) is 3.63. The molecule has 5 nitrogen and oxygen atoms in total.